The molecule has 0 N–H and O–H groups in total. The van der Waals surface area contributed by atoms with Gasteiger partial charge in [-0.05, 0) is 36.6 Å². The van der Waals surface area contributed by atoms with Crippen LogP contribution in [-0.4, -0.2) is 35.4 Å². The standard InChI is InChI=1S/C18H21FN2O3S/c1-12(2)8-9-21(17(22)13-4-6-14(19)7-5-13)10-16-20-15(11-25-16)18(23)24-3/h4-7,11-12H,8-10H2,1-3H3. The van der Waals surface area contributed by atoms with Gasteiger partial charge in [-0.25, -0.2) is 14.2 Å². The number of carbonyl (C=O) groups excluding carboxylic acids is 2. The molecule has 1 aromatic heterocycles. The Morgan fingerprint density at radius 1 is 1.28 bits per heavy atom. The third-order valence-corrected chi connectivity index (χ3v) is 4.46. The van der Waals surface area contributed by atoms with Gasteiger partial charge in [-0.1, -0.05) is 13.8 Å². The van der Waals surface area contributed by atoms with Crippen LogP contribution in [0, 0.1) is 11.7 Å². The van der Waals surface area contributed by atoms with Crippen LogP contribution in [0.15, 0.2) is 29.6 Å². The Bertz CT molecular complexity index is 728. The lowest BCUT2D eigenvalue weighted by Gasteiger charge is -2.22. The molecule has 0 bridgehead atoms. The van der Waals surface area contributed by atoms with Crippen molar-refractivity contribution < 1.29 is 18.7 Å². The molecule has 0 saturated carbocycles. The van der Waals surface area contributed by atoms with Crippen molar-refractivity contribution >= 4 is 23.2 Å². The van der Waals surface area contributed by atoms with Crippen LogP contribution < -0.4 is 0 Å². The molecule has 0 radical (unpaired) electrons. The van der Waals surface area contributed by atoms with Crippen molar-refractivity contribution in [3.63, 3.8) is 0 Å². The average Bonchev–Trinajstić information content (AvgIpc) is 3.06. The van der Waals surface area contributed by atoms with Crippen molar-refractivity contribution in [3.05, 3.63) is 51.7 Å². The molecule has 0 saturated heterocycles. The Balaban J connectivity index is 2.17. The summed E-state index contributed by atoms with van der Waals surface area (Å²) >= 11 is 1.31. The number of rotatable bonds is 7. The lowest BCUT2D eigenvalue weighted by molar-refractivity contribution is 0.0594. The highest BCUT2D eigenvalue weighted by Gasteiger charge is 2.19. The summed E-state index contributed by atoms with van der Waals surface area (Å²) in [5.74, 6) is -0.630. The lowest BCUT2D eigenvalue weighted by atomic mass is 10.1. The van der Waals surface area contributed by atoms with Crippen LogP contribution >= 0.6 is 11.3 Å². The van der Waals surface area contributed by atoms with Gasteiger partial charge in [-0.15, -0.1) is 11.3 Å². The van der Waals surface area contributed by atoms with Gasteiger partial charge in [0.2, 0.25) is 0 Å². The summed E-state index contributed by atoms with van der Waals surface area (Å²) in [5, 5.41) is 2.27. The first-order chi connectivity index (χ1) is 11.9. The summed E-state index contributed by atoms with van der Waals surface area (Å²) in [6, 6.07) is 5.49. The number of halogens is 1. The molecule has 0 atom stereocenters. The third kappa shape index (κ3) is 5.35. The number of benzene rings is 1. The highest BCUT2D eigenvalue weighted by Crippen LogP contribution is 2.17. The number of ether oxygens (including phenoxy) is 1. The summed E-state index contributed by atoms with van der Waals surface area (Å²) in [5.41, 5.74) is 0.662. The number of amides is 1. The third-order valence-electron chi connectivity index (χ3n) is 3.63. The van der Waals surface area contributed by atoms with Crippen molar-refractivity contribution in [1.29, 1.82) is 0 Å². The minimum absolute atomic E-state index is 0.185. The maximum absolute atomic E-state index is 13.1. The highest BCUT2D eigenvalue weighted by atomic mass is 32.1. The maximum atomic E-state index is 13.1. The molecular formula is C18H21FN2O3S. The van der Waals surface area contributed by atoms with E-state index in [9.17, 15) is 14.0 Å². The van der Waals surface area contributed by atoms with Gasteiger partial charge in [0.15, 0.2) is 5.69 Å². The number of nitrogens with zero attached hydrogens (tertiary/aromatic N) is 2. The Hall–Kier alpha value is -2.28. The van der Waals surface area contributed by atoms with E-state index in [-0.39, 0.29) is 17.4 Å². The average molecular weight is 364 g/mol. The van der Waals surface area contributed by atoms with Crippen LogP contribution in [0.25, 0.3) is 0 Å². The van der Waals surface area contributed by atoms with Crippen molar-refractivity contribution in [2.24, 2.45) is 5.92 Å². The molecule has 25 heavy (non-hydrogen) atoms. The number of methoxy groups -OCH3 is 1. The summed E-state index contributed by atoms with van der Waals surface area (Å²) in [4.78, 5) is 30.2. The molecule has 2 aromatic rings. The van der Waals surface area contributed by atoms with Crippen LogP contribution in [0.5, 0.6) is 0 Å². The minimum atomic E-state index is -0.499. The molecule has 1 amide bonds. The molecule has 5 nitrogen and oxygen atoms in total. The summed E-state index contributed by atoms with van der Waals surface area (Å²) in [6.45, 7) is 5.02. The minimum Gasteiger partial charge on any atom is -0.464 e. The topological polar surface area (TPSA) is 59.5 Å². The molecule has 0 unspecified atom stereocenters. The van der Waals surface area contributed by atoms with E-state index in [4.69, 9.17) is 0 Å². The number of hydrogen-bond donors (Lipinski definition) is 0. The van der Waals surface area contributed by atoms with Crippen molar-refractivity contribution in [3.8, 4) is 0 Å². The van der Waals surface area contributed by atoms with Gasteiger partial charge in [0, 0.05) is 17.5 Å². The van der Waals surface area contributed by atoms with E-state index in [1.54, 1.807) is 10.3 Å². The van der Waals surface area contributed by atoms with Crippen molar-refractivity contribution in [2.45, 2.75) is 26.8 Å². The number of aromatic nitrogens is 1. The largest absolute Gasteiger partial charge is 0.464 e. The summed E-state index contributed by atoms with van der Waals surface area (Å²) < 4.78 is 17.7. The van der Waals surface area contributed by atoms with Crippen LogP contribution in [0.1, 0.15) is 46.1 Å². The maximum Gasteiger partial charge on any atom is 0.357 e. The molecule has 0 aliphatic heterocycles. The smallest absolute Gasteiger partial charge is 0.357 e. The quantitative estimate of drug-likeness (QED) is 0.702. The lowest BCUT2D eigenvalue weighted by Crippen LogP contribution is -2.32. The molecular weight excluding hydrogens is 343 g/mol. The zero-order valence-electron chi connectivity index (χ0n) is 14.5. The molecule has 0 aliphatic carbocycles. The summed E-state index contributed by atoms with van der Waals surface area (Å²) in [6.07, 6.45) is 0.835. The fourth-order valence-corrected chi connectivity index (χ4v) is 2.96. The predicted octanol–water partition coefficient (Wildman–Crippen LogP) is 3.76. The number of carbonyl (C=O) groups is 2. The van der Waals surface area contributed by atoms with Gasteiger partial charge in [-0.2, -0.15) is 0 Å². The molecule has 1 heterocycles. The van der Waals surface area contributed by atoms with Gasteiger partial charge in [0.25, 0.3) is 5.91 Å². The van der Waals surface area contributed by atoms with Crippen molar-refractivity contribution in [2.75, 3.05) is 13.7 Å². The normalized spacial score (nSPS) is 10.8. The first-order valence-electron chi connectivity index (χ1n) is 7.98. The molecule has 134 valence electrons. The first-order valence-corrected chi connectivity index (χ1v) is 8.86. The molecule has 0 fully saturated rings. The van der Waals surface area contributed by atoms with Gasteiger partial charge in [-0.3, -0.25) is 4.79 Å². The number of esters is 1. The zero-order valence-corrected chi connectivity index (χ0v) is 15.3. The van der Waals surface area contributed by atoms with Crippen molar-refractivity contribution in [1.82, 2.24) is 9.88 Å². The van der Waals surface area contributed by atoms with E-state index in [2.05, 4.69) is 23.6 Å². The zero-order chi connectivity index (χ0) is 18.4. The Morgan fingerprint density at radius 2 is 1.96 bits per heavy atom. The van der Waals surface area contributed by atoms with Gasteiger partial charge in [0.1, 0.15) is 10.8 Å². The molecule has 0 aliphatic rings. The van der Waals surface area contributed by atoms with E-state index in [1.165, 1.54) is 42.7 Å². The van der Waals surface area contributed by atoms with E-state index >= 15 is 0 Å². The van der Waals surface area contributed by atoms with Crippen LogP contribution in [0.3, 0.4) is 0 Å². The monoisotopic (exact) mass is 364 g/mol. The fourth-order valence-electron chi connectivity index (χ4n) is 2.19. The van der Waals surface area contributed by atoms with E-state index in [1.807, 2.05) is 0 Å². The van der Waals surface area contributed by atoms with E-state index < -0.39 is 5.97 Å². The summed E-state index contributed by atoms with van der Waals surface area (Å²) in [7, 11) is 1.30. The highest BCUT2D eigenvalue weighted by molar-refractivity contribution is 7.09. The second kappa shape index (κ2) is 8.71. The fraction of sp³-hybridized carbons (Fsp3) is 0.389. The molecule has 1 aromatic carbocycles. The first kappa shape index (κ1) is 19.1. The molecule has 0 spiro atoms. The van der Waals surface area contributed by atoms with Crippen LogP contribution in [0.2, 0.25) is 0 Å². The van der Waals surface area contributed by atoms with Gasteiger partial charge < -0.3 is 9.64 Å². The predicted molar refractivity (Wildman–Crippen MR) is 94.0 cm³/mol. The Morgan fingerprint density at radius 3 is 2.56 bits per heavy atom. The molecule has 7 heteroatoms. The van der Waals surface area contributed by atoms with Gasteiger partial charge in [0.05, 0.1) is 13.7 Å². The Kier molecular flexibility index (Phi) is 6.64. The van der Waals surface area contributed by atoms with Crippen LogP contribution in [-0.2, 0) is 11.3 Å². The second-order valence-electron chi connectivity index (χ2n) is 6.03. The van der Waals surface area contributed by atoms with E-state index in [0.717, 1.165) is 6.42 Å². The molecule has 2 rings (SSSR count). The second-order valence-corrected chi connectivity index (χ2v) is 6.98. The number of thiazole rings is 1. The van der Waals surface area contributed by atoms with Crippen LogP contribution in [0.4, 0.5) is 4.39 Å². The van der Waals surface area contributed by atoms with E-state index in [0.29, 0.717) is 29.6 Å². The van der Waals surface area contributed by atoms with Gasteiger partial charge >= 0.3 is 5.97 Å². The Labute approximate surface area is 150 Å². The SMILES string of the molecule is COC(=O)c1csc(CN(CCC(C)C)C(=O)c2ccc(F)cc2)n1. The number of hydrogen-bond acceptors (Lipinski definition) is 5.